The maximum atomic E-state index is 6.00. The van der Waals surface area contributed by atoms with Crippen molar-refractivity contribution >= 4 is 38.6 Å². The van der Waals surface area contributed by atoms with Gasteiger partial charge < -0.3 is 4.84 Å². The summed E-state index contributed by atoms with van der Waals surface area (Å²) in [5.74, 6) is 0. The van der Waals surface area contributed by atoms with E-state index in [1.165, 1.54) is 7.11 Å². The first-order valence-corrected chi connectivity index (χ1v) is 4.61. The molecule has 0 aliphatic rings. The summed E-state index contributed by atoms with van der Waals surface area (Å²) in [6.45, 7) is 0. The van der Waals surface area contributed by atoms with Gasteiger partial charge in [0.25, 0.3) is 11.0 Å². The molecule has 0 spiro atoms. The van der Waals surface area contributed by atoms with Gasteiger partial charge in [-0.25, -0.2) is 0 Å². The van der Waals surface area contributed by atoms with E-state index in [1.807, 2.05) is 0 Å². The van der Waals surface area contributed by atoms with Crippen molar-refractivity contribution in [1.29, 1.82) is 0 Å². The monoisotopic (exact) mass is 263 g/mol. The molecule has 6 heteroatoms. The highest BCUT2D eigenvalue weighted by Crippen LogP contribution is 2.27. The van der Waals surface area contributed by atoms with Gasteiger partial charge in [-0.05, 0) is 32.7 Å². The first kappa shape index (κ1) is 8.77. The zero-order chi connectivity index (χ0) is 9.42. The van der Waals surface area contributed by atoms with Crippen molar-refractivity contribution in [3.8, 4) is 0 Å². The van der Waals surface area contributed by atoms with Gasteiger partial charge in [0.05, 0.1) is 0 Å². The van der Waals surface area contributed by atoms with Crippen molar-refractivity contribution in [2.24, 2.45) is 0 Å². The number of nitrogens with zero attached hydrogens (tertiary/aromatic N) is 2. The van der Waals surface area contributed by atoms with Gasteiger partial charge in [-0.2, -0.15) is 0 Å². The second-order valence-corrected chi connectivity index (χ2v) is 3.57. The van der Waals surface area contributed by atoms with Crippen LogP contribution in [0.1, 0.15) is 0 Å². The van der Waals surface area contributed by atoms with Crippen molar-refractivity contribution < 1.29 is 14.4 Å². The number of rotatable bonds is 1. The molecule has 4 nitrogen and oxygen atoms in total. The molecule has 0 fully saturated rings. The quantitative estimate of drug-likeness (QED) is 0.785. The molecule has 1 aromatic heterocycles. The van der Waals surface area contributed by atoms with Gasteiger partial charge >= 0.3 is 0 Å². The summed E-state index contributed by atoms with van der Waals surface area (Å²) in [4.78, 5) is 6.04. The van der Waals surface area contributed by atoms with E-state index in [0.29, 0.717) is 16.1 Å². The van der Waals surface area contributed by atoms with Crippen molar-refractivity contribution in [3.63, 3.8) is 0 Å². The Kier molecular flexibility index (Phi) is 2.13. The van der Waals surface area contributed by atoms with Crippen LogP contribution in [0.25, 0.3) is 11.0 Å². The van der Waals surface area contributed by atoms with Crippen molar-refractivity contribution in [2.75, 3.05) is 7.11 Å². The average Bonchev–Trinajstić information content (AvgIpc) is 2.55. The maximum Gasteiger partial charge on any atom is 0.292 e. The third-order valence-electron chi connectivity index (χ3n) is 1.61. The maximum absolute atomic E-state index is 6.00. The van der Waals surface area contributed by atoms with E-state index in [2.05, 4.69) is 21.1 Å². The predicted octanol–water partition coefficient (Wildman–Crippen LogP) is 1.59. The summed E-state index contributed by atoms with van der Waals surface area (Å²) < 4.78 is 5.61. The Morgan fingerprint density at radius 1 is 1.62 bits per heavy atom. The van der Waals surface area contributed by atoms with Gasteiger partial charge in [0, 0.05) is 4.47 Å². The van der Waals surface area contributed by atoms with E-state index in [-0.39, 0.29) is 0 Å². The lowest BCUT2D eigenvalue weighted by Gasteiger charge is -1.92. The molecule has 2 aromatic rings. The van der Waals surface area contributed by atoms with E-state index in [1.54, 1.807) is 12.1 Å². The van der Waals surface area contributed by atoms with E-state index in [0.717, 1.165) is 9.38 Å². The molecule has 1 aromatic carbocycles. The van der Waals surface area contributed by atoms with Crippen LogP contribution in [0, 0.1) is 0 Å². The van der Waals surface area contributed by atoms with Crippen LogP contribution < -0.4 is 9.74 Å². The summed E-state index contributed by atoms with van der Waals surface area (Å²) >= 11 is 9.30. The molecule has 13 heavy (non-hydrogen) atoms. The van der Waals surface area contributed by atoms with Crippen LogP contribution in [0.4, 0.5) is 0 Å². The minimum Gasteiger partial charge on any atom is -0.305 e. The lowest BCUT2D eigenvalue weighted by atomic mass is 10.3. The van der Waals surface area contributed by atoms with Gasteiger partial charge in [-0.15, -0.1) is 0 Å². The first-order valence-electron chi connectivity index (χ1n) is 3.44. The first-order chi connectivity index (χ1) is 6.24. The van der Waals surface area contributed by atoms with Crippen molar-refractivity contribution in [1.82, 2.24) is 5.16 Å². The molecular weight excluding hydrogens is 259 g/mol. The Morgan fingerprint density at radius 2 is 2.38 bits per heavy atom. The van der Waals surface area contributed by atoms with Crippen LogP contribution in [0.3, 0.4) is 0 Å². The standard InChI is InChI=1S/C7H5BrClN2O2/c1-12-11-7-5(10-13-11)3-2-4(8)6(7)9/h2-3H,1H3/q+1. The number of hydrogen-bond donors (Lipinski definition) is 0. The zero-order valence-corrected chi connectivity index (χ0v) is 8.96. The van der Waals surface area contributed by atoms with Crippen LogP contribution >= 0.6 is 27.5 Å². The molecular formula is C7H5BrClN2O2+. The molecule has 2 rings (SSSR count). The molecule has 0 bridgehead atoms. The SMILES string of the molecule is CO[n+]1onc2ccc(Br)c(Cl)c21. The van der Waals surface area contributed by atoms with E-state index < -0.39 is 0 Å². The Hall–Kier alpha value is -0.810. The fourth-order valence-corrected chi connectivity index (χ4v) is 1.57. The highest BCUT2D eigenvalue weighted by molar-refractivity contribution is 9.10. The zero-order valence-electron chi connectivity index (χ0n) is 6.62. The third kappa shape index (κ3) is 1.28. The number of halogens is 2. The lowest BCUT2D eigenvalue weighted by molar-refractivity contribution is -1.00. The molecule has 0 aliphatic carbocycles. The number of benzene rings is 1. The molecule has 68 valence electrons. The molecule has 0 saturated heterocycles. The largest absolute Gasteiger partial charge is 0.305 e. The second-order valence-electron chi connectivity index (χ2n) is 2.34. The third-order valence-corrected chi connectivity index (χ3v) is 2.88. The molecule has 0 atom stereocenters. The highest BCUT2D eigenvalue weighted by atomic mass is 79.9. The minimum absolute atomic E-state index is 0.514. The smallest absolute Gasteiger partial charge is 0.292 e. The molecule has 0 N–H and O–H groups in total. The summed E-state index contributed by atoms with van der Waals surface area (Å²) in [5, 5.41) is 4.26. The summed E-state index contributed by atoms with van der Waals surface area (Å²) in [6.07, 6.45) is 0. The van der Waals surface area contributed by atoms with Gasteiger partial charge in [0.2, 0.25) is 0 Å². The topological polar surface area (TPSA) is 39.1 Å². The van der Waals surface area contributed by atoms with Crippen LogP contribution in [0.5, 0.6) is 0 Å². The van der Waals surface area contributed by atoms with Gasteiger partial charge in [0.1, 0.15) is 17.0 Å². The van der Waals surface area contributed by atoms with Gasteiger partial charge in [-0.3, -0.25) is 0 Å². The van der Waals surface area contributed by atoms with Gasteiger partial charge in [-0.1, -0.05) is 11.6 Å². The van der Waals surface area contributed by atoms with E-state index in [9.17, 15) is 0 Å². The molecule has 0 unspecified atom stereocenters. The Bertz CT molecular complexity index is 457. The van der Waals surface area contributed by atoms with Crippen molar-refractivity contribution in [3.05, 3.63) is 21.6 Å². The number of aromatic nitrogens is 2. The fourth-order valence-electron chi connectivity index (χ4n) is 1.02. The second kappa shape index (κ2) is 3.16. The number of hydrogen-bond acceptors (Lipinski definition) is 3. The van der Waals surface area contributed by atoms with Crippen LogP contribution in [-0.2, 0) is 0 Å². The molecule has 0 aliphatic heterocycles. The molecule has 1 heterocycles. The normalized spacial score (nSPS) is 10.7. The highest BCUT2D eigenvalue weighted by Gasteiger charge is 2.21. The minimum atomic E-state index is 0.514. The van der Waals surface area contributed by atoms with Crippen LogP contribution in [0.2, 0.25) is 5.02 Å². The summed E-state index contributed by atoms with van der Waals surface area (Å²) in [7, 11) is 1.47. The van der Waals surface area contributed by atoms with Gasteiger partial charge in [0.15, 0.2) is 5.16 Å². The Labute approximate surface area is 87.1 Å². The Morgan fingerprint density at radius 3 is 3.08 bits per heavy atom. The average molecular weight is 264 g/mol. The van der Waals surface area contributed by atoms with Crippen LogP contribution in [-0.4, -0.2) is 12.3 Å². The fraction of sp³-hybridized carbons (Fsp3) is 0.143. The summed E-state index contributed by atoms with van der Waals surface area (Å²) in [6, 6.07) is 3.58. The van der Waals surface area contributed by atoms with E-state index in [4.69, 9.17) is 21.1 Å². The molecule has 0 amide bonds. The van der Waals surface area contributed by atoms with E-state index >= 15 is 0 Å². The predicted molar refractivity (Wildman–Crippen MR) is 49.4 cm³/mol. The molecule has 0 saturated carbocycles. The molecule has 0 radical (unpaired) electrons. The van der Waals surface area contributed by atoms with Crippen molar-refractivity contribution in [2.45, 2.75) is 0 Å². The van der Waals surface area contributed by atoms with Crippen LogP contribution in [0.15, 0.2) is 21.2 Å². The summed E-state index contributed by atoms with van der Waals surface area (Å²) in [5.41, 5.74) is 1.26. The lowest BCUT2D eigenvalue weighted by Crippen LogP contribution is -2.38. The Balaban J connectivity index is 2.85. The number of fused-ring (bicyclic) bond motifs is 1.